The number of aromatic nitrogens is 5. The molecule has 2 saturated heterocycles. The highest BCUT2D eigenvalue weighted by Gasteiger charge is 2.33. The molecule has 0 bridgehead atoms. The van der Waals surface area contributed by atoms with Gasteiger partial charge in [0.2, 0.25) is 0 Å². The first-order valence-electron chi connectivity index (χ1n) is 13.1. The summed E-state index contributed by atoms with van der Waals surface area (Å²) in [6, 6.07) is 16.4. The molecule has 4 aromatic rings. The summed E-state index contributed by atoms with van der Waals surface area (Å²) in [5, 5.41) is 13.9. The van der Waals surface area contributed by atoms with Crippen LogP contribution in [0.1, 0.15) is 41.4 Å². The van der Waals surface area contributed by atoms with Crippen LogP contribution in [0.4, 0.5) is 5.69 Å². The summed E-state index contributed by atoms with van der Waals surface area (Å²) < 4.78 is 7.72. The Morgan fingerprint density at radius 2 is 1.89 bits per heavy atom. The predicted octanol–water partition coefficient (Wildman–Crippen LogP) is 3.22. The molecule has 2 aromatic heterocycles. The van der Waals surface area contributed by atoms with Gasteiger partial charge in [-0.3, -0.25) is 9.69 Å². The molecule has 6 rings (SSSR count). The molecule has 2 aliphatic heterocycles. The molecule has 0 amide bonds. The Labute approximate surface area is 216 Å². The third-order valence-corrected chi connectivity index (χ3v) is 7.62. The van der Waals surface area contributed by atoms with E-state index in [9.17, 15) is 4.79 Å². The van der Waals surface area contributed by atoms with Gasteiger partial charge in [0, 0.05) is 44.0 Å². The molecule has 4 heterocycles. The Morgan fingerprint density at radius 1 is 1.08 bits per heavy atom. The number of rotatable bonds is 6. The zero-order valence-corrected chi connectivity index (χ0v) is 21.4. The van der Waals surface area contributed by atoms with E-state index in [-0.39, 0.29) is 17.7 Å². The lowest BCUT2D eigenvalue weighted by molar-refractivity contribution is 0.0906. The zero-order chi connectivity index (χ0) is 25.4. The molecule has 0 unspecified atom stereocenters. The van der Waals surface area contributed by atoms with Gasteiger partial charge < -0.3 is 14.6 Å². The topological polar surface area (TPSA) is 92.2 Å². The maximum atomic E-state index is 13.6. The van der Waals surface area contributed by atoms with Crippen molar-refractivity contribution in [2.45, 2.75) is 45.4 Å². The number of nitrogens with one attached hydrogen (secondary N) is 1. The summed E-state index contributed by atoms with van der Waals surface area (Å²) >= 11 is 0. The van der Waals surface area contributed by atoms with Crippen molar-refractivity contribution < 1.29 is 4.74 Å². The first-order valence-corrected chi connectivity index (χ1v) is 13.1. The lowest BCUT2D eigenvalue weighted by Crippen LogP contribution is -2.49. The van der Waals surface area contributed by atoms with E-state index in [0.717, 1.165) is 62.1 Å². The van der Waals surface area contributed by atoms with Crippen LogP contribution in [0.5, 0.6) is 0 Å². The number of pyridine rings is 1. The third-order valence-electron chi connectivity index (χ3n) is 7.62. The summed E-state index contributed by atoms with van der Waals surface area (Å²) in [4.78, 5) is 21.5. The molecule has 1 N–H and O–H groups in total. The van der Waals surface area contributed by atoms with Gasteiger partial charge >= 0.3 is 0 Å². The second-order valence-electron chi connectivity index (χ2n) is 10.2. The van der Waals surface area contributed by atoms with Crippen molar-refractivity contribution in [3.8, 4) is 0 Å². The van der Waals surface area contributed by atoms with Crippen LogP contribution in [0.2, 0.25) is 0 Å². The van der Waals surface area contributed by atoms with Gasteiger partial charge in [0.05, 0.1) is 18.2 Å². The number of anilines is 1. The molecule has 192 valence electrons. The van der Waals surface area contributed by atoms with Crippen molar-refractivity contribution in [3.63, 3.8) is 0 Å². The first kappa shape index (κ1) is 23.8. The standard InChI is InChI=1S/C28H33N7O2/c1-19-15-20(2)25-21(16-19)17-24(28(36)29-25)26(27-30-31-32-35(27)18-23-9-6-14-37-23)34-12-10-33(11-13-34)22-7-4-3-5-8-22/h3-5,7-8,15-17,23,26H,6,9-14,18H2,1-2H3,(H,29,36)/t23-,26+/m0/s1. The summed E-state index contributed by atoms with van der Waals surface area (Å²) in [7, 11) is 0. The fraction of sp³-hybridized carbons (Fsp3) is 0.429. The van der Waals surface area contributed by atoms with Crippen LogP contribution in [-0.2, 0) is 11.3 Å². The molecule has 0 spiro atoms. The van der Waals surface area contributed by atoms with Gasteiger partial charge in [0.1, 0.15) is 6.04 Å². The van der Waals surface area contributed by atoms with E-state index in [1.807, 2.05) is 23.7 Å². The van der Waals surface area contributed by atoms with Crippen LogP contribution in [0, 0.1) is 13.8 Å². The minimum absolute atomic E-state index is 0.0954. The fourth-order valence-electron chi connectivity index (χ4n) is 5.80. The van der Waals surface area contributed by atoms with E-state index in [1.165, 1.54) is 11.3 Å². The minimum atomic E-state index is -0.358. The lowest BCUT2D eigenvalue weighted by Gasteiger charge is -2.39. The first-order chi connectivity index (χ1) is 18.1. The molecule has 2 aromatic carbocycles. The number of hydrogen-bond acceptors (Lipinski definition) is 7. The molecule has 9 heteroatoms. The Bertz CT molecular complexity index is 1430. The monoisotopic (exact) mass is 499 g/mol. The highest BCUT2D eigenvalue weighted by Crippen LogP contribution is 2.30. The Kier molecular flexibility index (Phi) is 6.48. The number of nitrogens with zero attached hydrogens (tertiary/aromatic N) is 6. The predicted molar refractivity (Wildman–Crippen MR) is 143 cm³/mol. The average Bonchev–Trinajstić information content (AvgIpc) is 3.59. The van der Waals surface area contributed by atoms with E-state index in [0.29, 0.717) is 17.9 Å². The number of para-hydroxylation sites is 1. The van der Waals surface area contributed by atoms with E-state index < -0.39 is 0 Å². The maximum Gasteiger partial charge on any atom is 0.253 e. The lowest BCUT2D eigenvalue weighted by atomic mass is 10.00. The van der Waals surface area contributed by atoms with Crippen LogP contribution in [0.25, 0.3) is 10.9 Å². The van der Waals surface area contributed by atoms with Gasteiger partial charge in [0.25, 0.3) is 5.56 Å². The molecular weight excluding hydrogens is 466 g/mol. The van der Waals surface area contributed by atoms with Crippen LogP contribution in [0.15, 0.2) is 53.3 Å². The van der Waals surface area contributed by atoms with Crippen LogP contribution >= 0.6 is 0 Å². The number of ether oxygens (including phenoxy) is 1. The molecule has 2 atom stereocenters. The van der Waals surface area contributed by atoms with Gasteiger partial charge in [-0.1, -0.05) is 29.8 Å². The van der Waals surface area contributed by atoms with Gasteiger partial charge in [0.15, 0.2) is 5.82 Å². The van der Waals surface area contributed by atoms with Crippen molar-refractivity contribution >= 4 is 16.6 Å². The van der Waals surface area contributed by atoms with E-state index in [4.69, 9.17) is 4.74 Å². The third kappa shape index (κ3) is 4.76. The van der Waals surface area contributed by atoms with Gasteiger partial charge in [-0.25, -0.2) is 4.68 Å². The highest BCUT2D eigenvalue weighted by molar-refractivity contribution is 5.83. The summed E-state index contributed by atoms with van der Waals surface area (Å²) in [5.41, 5.74) is 4.91. The van der Waals surface area contributed by atoms with Crippen molar-refractivity contribution in [3.05, 3.63) is 81.4 Å². The van der Waals surface area contributed by atoms with Gasteiger partial charge in [-0.2, -0.15) is 0 Å². The molecule has 9 nitrogen and oxygen atoms in total. The maximum absolute atomic E-state index is 13.6. The number of H-pyrrole nitrogens is 1. The number of aryl methyl sites for hydroxylation is 2. The van der Waals surface area contributed by atoms with Crippen LogP contribution in [0.3, 0.4) is 0 Å². The molecule has 0 radical (unpaired) electrons. The second kappa shape index (κ2) is 10.1. The Hall–Kier alpha value is -3.56. The highest BCUT2D eigenvalue weighted by atomic mass is 16.5. The number of hydrogen-bond donors (Lipinski definition) is 1. The van der Waals surface area contributed by atoms with E-state index >= 15 is 0 Å². The van der Waals surface area contributed by atoms with Crippen molar-refractivity contribution in [1.29, 1.82) is 0 Å². The molecule has 0 saturated carbocycles. The molecule has 2 fully saturated rings. The fourth-order valence-corrected chi connectivity index (χ4v) is 5.80. The smallest absolute Gasteiger partial charge is 0.253 e. The number of benzene rings is 2. The molecule has 37 heavy (non-hydrogen) atoms. The number of piperazine rings is 1. The summed E-state index contributed by atoms with van der Waals surface area (Å²) in [5.74, 6) is 0.692. The van der Waals surface area contributed by atoms with Crippen molar-refractivity contribution in [1.82, 2.24) is 30.1 Å². The van der Waals surface area contributed by atoms with Crippen LogP contribution < -0.4 is 10.5 Å². The normalized spacial score (nSPS) is 19.5. The largest absolute Gasteiger partial charge is 0.376 e. The minimum Gasteiger partial charge on any atom is -0.376 e. The Morgan fingerprint density at radius 3 is 2.65 bits per heavy atom. The van der Waals surface area contributed by atoms with Crippen molar-refractivity contribution in [2.75, 3.05) is 37.7 Å². The second-order valence-corrected chi connectivity index (χ2v) is 10.2. The van der Waals surface area contributed by atoms with E-state index in [2.05, 4.69) is 73.6 Å². The summed E-state index contributed by atoms with van der Waals surface area (Å²) in [6.45, 7) is 8.78. The van der Waals surface area contributed by atoms with Crippen molar-refractivity contribution in [2.24, 2.45) is 0 Å². The van der Waals surface area contributed by atoms with Crippen LogP contribution in [-0.4, -0.2) is 69.0 Å². The SMILES string of the molecule is Cc1cc(C)c2[nH]c(=O)c([C@H](c3nnnn3C[C@@H]3CCCO3)N3CCN(c4ccccc4)CC3)cc2c1. The van der Waals surface area contributed by atoms with Gasteiger partial charge in [-0.05, 0) is 72.3 Å². The number of tetrazole rings is 1. The molecular formula is C28H33N7O2. The molecule has 2 aliphatic rings. The number of aromatic amines is 1. The number of fused-ring (bicyclic) bond motifs is 1. The molecule has 0 aliphatic carbocycles. The average molecular weight is 500 g/mol. The zero-order valence-electron chi connectivity index (χ0n) is 21.4. The van der Waals surface area contributed by atoms with E-state index in [1.54, 1.807) is 0 Å². The van der Waals surface area contributed by atoms with Gasteiger partial charge in [-0.15, -0.1) is 5.10 Å². The quantitative estimate of drug-likeness (QED) is 0.435. The Balaban J connectivity index is 1.39. The summed E-state index contributed by atoms with van der Waals surface area (Å²) in [6.07, 6.45) is 2.14.